The molecule has 2 heteroatoms. The van der Waals surface area contributed by atoms with Gasteiger partial charge in [-0.1, -0.05) is 0 Å². The first kappa shape index (κ1) is 6.05. The van der Waals surface area contributed by atoms with Crippen molar-refractivity contribution in [3.63, 3.8) is 0 Å². The summed E-state index contributed by atoms with van der Waals surface area (Å²) >= 11 is 0. The number of aliphatic hydroxyl groups excluding tert-OH is 1. The van der Waals surface area contributed by atoms with Gasteiger partial charge in [0.2, 0.25) is 0 Å². The molecule has 1 fully saturated rings. The molecule has 2 atom stereocenters. The van der Waals surface area contributed by atoms with E-state index in [-0.39, 0.29) is 12.2 Å². The van der Waals surface area contributed by atoms with Gasteiger partial charge in [0.25, 0.3) is 0 Å². The van der Waals surface area contributed by atoms with E-state index < -0.39 is 0 Å². The molecule has 0 bridgehead atoms. The summed E-state index contributed by atoms with van der Waals surface area (Å²) in [5, 5.41) is 9.06. The predicted octanol–water partition coefficient (Wildman–Crippen LogP) is 0.546. The lowest BCUT2D eigenvalue weighted by molar-refractivity contribution is 0.00983. The molecule has 0 aromatic carbocycles. The second kappa shape index (κ2) is 2.46. The lowest BCUT2D eigenvalue weighted by Crippen LogP contribution is -2.20. The Labute approximate surface area is 49.5 Å². The molecule has 0 aromatic rings. The standard InChI is InChI=1S/C6H12O2/c1-8-6-4-2-3-5(6)7/h5-7H,2-4H2,1H3/t5-,6+/m0/s1. The van der Waals surface area contributed by atoms with Crippen LogP contribution < -0.4 is 0 Å². The maximum Gasteiger partial charge on any atom is 0.0830 e. The van der Waals surface area contributed by atoms with Crippen LogP contribution >= 0.6 is 0 Å². The Balaban J connectivity index is 2.30. The van der Waals surface area contributed by atoms with Crippen LogP contribution in [0.2, 0.25) is 0 Å². The summed E-state index contributed by atoms with van der Waals surface area (Å²) in [7, 11) is 1.65. The van der Waals surface area contributed by atoms with E-state index in [1.807, 2.05) is 0 Å². The molecule has 0 amide bonds. The van der Waals surface area contributed by atoms with E-state index in [4.69, 9.17) is 9.84 Å². The molecule has 1 saturated carbocycles. The number of hydrogen-bond acceptors (Lipinski definition) is 2. The van der Waals surface area contributed by atoms with Gasteiger partial charge in [0, 0.05) is 7.11 Å². The lowest BCUT2D eigenvalue weighted by atomic mass is 10.3. The van der Waals surface area contributed by atoms with E-state index in [0.29, 0.717) is 0 Å². The van der Waals surface area contributed by atoms with Crippen molar-refractivity contribution in [1.29, 1.82) is 0 Å². The van der Waals surface area contributed by atoms with Gasteiger partial charge in [-0.05, 0) is 19.3 Å². The molecule has 0 aromatic heterocycles. The maximum absolute atomic E-state index is 9.06. The molecule has 1 rings (SSSR count). The highest BCUT2D eigenvalue weighted by atomic mass is 16.5. The van der Waals surface area contributed by atoms with Crippen molar-refractivity contribution in [3.8, 4) is 0 Å². The number of aliphatic hydroxyl groups is 1. The number of rotatable bonds is 1. The third kappa shape index (κ3) is 1.01. The summed E-state index contributed by atoms with van der Waals surface area (Å²) in [5.41, 5.74) is 0. The van der Waals surface area contributed by atoms with Gasteiger partial charge in [0.05, 0.1) is 12.2 Å². The normalized spacial score (nSPS) is 38.2. The Morgan fingerprint density at radius 1 is 1.50 bits per heavy atom. The summed E-state index contributed by atoms with van der Waals surface area (Å²) in [5.74, 6) is 0. The summed E-state index contributed by atoms with van der Waals surface area (Å²) in [6, 6.07) is 0. The molecule has 0 radical (unpaired) electrons. The summed E-state index contributed by atoms with van der Waals surface area (Å²) in [6.07, 6.45) is 2.98. The molecule has 0 saturated heterocycles. The van der Waals surface area contributed by atoms with Crippen LogP contribution in [0.15, 0.2) is 0 Å². The molecule has 48 valence electrons. The molecule has 8 heavy (non-hydrogen) atoms. The molecular weight excluding hydrogens is 104 g/mol. The van der Waals surface area contributed by atoms with E-state index in [0.717, 1.165) is 19.3 Å². The molecule has 1 aliphatic carbocycles. The Hall–Kier alpha value is -0.0800. The van der Waals surface area contributed by atoms with Crippen LogP contribution in [0.25, 0.3) is 0 Å². The fraction of sp³-hybridized carbons (Fsp3) is 1.00. The predicted molar refractivity (Wildman–Crippen MR) is 30.7 cm³/mol. The number of hydrogen-bond donors (Lipinski definition) is 1. The highest BCUT2D eigenvalue weighted by Gasteiger charge is 2.23. The molecular formula is C6H12O2. The van der Waals surface area contributed by atoms with E-state index in [2.05, 4.69) is 0 Å². The fourth-order valence-corrected chi connectivity index (χ4v) is 1.18. The second-order valence-electron chi connectivity index (χ2n) is 2.27. The topological polar surface area (TPSA) is 29.5 Å². The third-order valence-electron chi connectivity index (χ3n) is 1.72. The lowest BCUT2D eigenvalue weighted by Gasteiger charge is -2.10. The summed E-state index contributed by atoms with van der Waals surface area (Å²) in [4.78, 5) is 0. The largest absolute Gasteiger partial charge is 0.390 e. The van der Waals surface area contributed by atoms with Crippen LogP contribution in [0, 0.1) is 0 Å². The minimum Gasteiger partial charge on any atom is -0.390 e. The van der Waals surface area contributed by atoms with Gasteiger partial charge in [-0.25, -0.2) is 0 Å². The van der Waals surface area contributed by atoms with Gasteiger partial charge < -0.3 is 9.84 Å². The minimum atomic E-state index is -0.194. The first-order valence-corrected chi connectivity index (χ1v) is 3.05. The third-order valence-corrected chi connectivity index (χ3v) is 1.72. The highest BCUT2D eigenvalue weighted by molar-refractivity contribution is 4.76. The Bertz CT molecular complexity index is 72.9. The van der Waals surface area contributed by atoms with Crippen molar-refractivity contribution in [3.05, 3.63) is 0 Å². The molecule has 2 nitrogen and oxygen atoms in total. The molecule has 1 aliphatic rings. The van der Waals surface area contributed by atoms with Crippen LogP contribution in [0.4, 0.5) is 0 Å². The molecule has 0 heterocycles. The number of ether oxygens (including phenoxy) is 1. The summed E-state index contributed by atoms with van der Waals surface area (Å²) < 4.78 is 4.97. The van der Waals surface area contributed by atoms with E-state index in [1.54, 1.807) is 7.11 Å². The number of methoxy groups -OCH3 is 1. The van der Waals surface area contributed by atoms with Gasteiger partial charge in [0.1, 0.15) is 0 Å². The van der Waals surface area contributed by atoms with Crippen molar-refractivity contribution < 1.29 is 9.84 Å². The first-order valence-electron chi connectivity index (χ1n) is 3.05. The van der Waals surface area contributed by atoms with Gasteiger partial charge in [0.15, 0.2) is 0 Å². The van der Waals surface area contributed by atoms with Crippen molar-refractivity contribution in [2.24, 2.45) is 0 Å². The SMILES string of the molecule is CO[C@@H]1CCC[C@@H]1O. The molecule has 0 unspecified atom stereocenters. The van der Waals surface area contributed by atoms with Crippen molar-refractivity contribution in [1.82, 2.24) is 0 Å². The van der Waals surface area contributed by atoms with Crippen molar-refractivity contribution in [2.45, 2.75) is 31.5 Å². The van der Waals surface area contributed by atoms with Gasteiger partial charge in [-0.2, -0.15) is 0 Å². The quantitative estimate of drug-likeness (QED) is 0.542. The zero-order valence-corrected chi connectivity index (χ0v) is 5.13. The van der Waals surface area contributed by atoms with Crippen LogP contribution in [0.5, 0.6) is 0 Å². The minimum absolute atomic E-state index is 0.120. The van der Waals surface area contributed by atoms with Crippen molar-refractivity contribution in [2.75, 3.05) is 7.11 Å². The highest BCUT2D eigenvalue weighted by Crippen LogP contribution is 2.20. The zero-order chi connectivity index (χ0) is 5.98. The Kier molecular flexibility index (Phi) is 1.86. The van der Waals surface area contributed by atoms with E-state index in [1.165, 1.54) is 0 Å². The van der Waals surface area contributed by atoms with Crippen LogP contribution in [-0.2, 0) is 4.74 Å². The fourth-order valence-electron chi connectivity index (χ4n) is 1.18. The zero-order valence-electron chi connectivity index (χ0n) is 5.13. The average molecular weight is 116 g/mol. The van der Waals surface area contributed by atoms with E-state index >= 15 is 0 Å². The maximum atomic E-state index is 9.06. The smallest absolute Gasteiger partial charge is 0.0830 e. The van der Waals surface area contributed by atoms with Gasteiger partial charge in [-0.15, -0.1) is 0 Å². The van der Waals surface area contributed by atoms with Crippen LogP contribution in [0.3, 0.4) is 0 Å². The van der Waals surface area contributed by atoms with Crippen molar-refractivity contribution >= 4 is 0 Å². The Morgan fingerprint density at radius 2 is 2.25 bits per heavy atom. The van der Waals surface area contributed by atoms with E-state index in [9.17, 15) is 0 Å². The monoisotopic (exact) mass is 116 g/mol. The molecule has 0 aliphatic heterocycles. The van der Waals surface area contributed by atoms with Crippen LogP contribution in [0.1, 0.15) is 19.3 Å². The first-order chi connectivity index (χ1) is 3.84. The van der Waals surface area contributed by atoms with Gasteiger partial charge in [-0.3, -0.25) is 0 Å². The molecule has 0 spiro atoms. The second-order valence-corrected chi connectivity index (χ2v) is 2.27. The summed E-state index contributed by atoms with van der Waals surface area (Å²) in [6.45, 7) is 0. The van der Waals surface area contributed by atoms with Gasteiger partial charge >= 0.3 is 0 Å². The Morgan fingerprint density at radius 3 is 2.50 bits per heavy atom. The van der Waals surface area contributed by atoms with Crippen LogP contribution in [-0.4, -0.2) is 24.4 Å². The average Bonchev–Trinajstić information content (AvgIpc) is 2.14. The molecule has 1 N–H and O–H groups in total.